The topological polar surface area (TPSA) is 293 Å². The summed E-state index contributed by atoms with van der Waals surface area (Å²) in [5.74, 6) is 0. The molecule has 0 aromatic rings. The van der Waals surface area contributed by atoms with Gasteiger partial charge in [0.05, 0.1) is 74.0 Å². The zero-order chi connectivity index (χ0) is 78.9. The van der Waals surface area contributed by atoms with Crippen LogP contribution in [-0.2, 0) is 151 Å². The van der Waals surface area contributed by atoms with E-state index in [2.05, 4.69) is 160 Å². The second-order valence-corrected chi connectivity index (χ2v) is 46.8. The smallest absolute Gasteiger partial charge is 0.109 e. The molecule has 0 aliphatic carbocycles. The van der Waals surface area contributed by atoms with Gasteiger partial charge in [0, 0.05) is 263 Å². The van der Waals surface area contributed by atoms with Crippen molar-refractivity contribution in [2.75, 3.05) is 67.0 Å². The van der Waals surface area contributed by atoms with Gasteiger partial charge in [-0.2, -0.15) is 0 Å². The Balaban J connectivity index is -0.0000000518. The molecule has 665 valence electrons. The molecule has 0 saturated carbocycles. The van der Waals surface area contributed by atoms with Crippen molar-refractivity contribution in [2.24, 2.45) is 44.9 Å². The average Bonchev–Trinajstić information content (AvgIpc) is 0.843. The van der Waals surface area contributed by atoms with Crippen LogP contribution in [0.15, 0.2) is 70.2 Å². The Kier molecular flexibility index (Phi) is 143. The van der Waals surface area contributed by atoms with Gasteiger partial charge in [-0.1, -0.05) is 198 Å². The summed E-state index contributed by atoms with van der Waals surface area (Å²) < 4.78 is 0. The van der Waals surface area contributed by atoms with Gasteiger partial charge in [0.25, 0.3) is 0 Å². The van der Waals surface area contributed by atoms with Crippen molar-refractivity contribution in [3.05, 3.63) is 25.3 Å². The quantitative estimate of drug-likeness (QED) is 0.0162. The van der Waals surface area contributed by atoms with Crippen molar-refractivity contribution >= 4 is 83.7 Å². The van der Waals surface area contributed by atoms with Crippen molar-refractivity contribution < 1.29 is 197 Å². The summed E-state index contributed by atoms with van der Waals surface area (Å²) in [6.07, 6.45) is 9.63. The molecule has 8 atom stereocenters. The van der Waals surface area contributed by atoms with Crippen LogP contribution in [0.4, 0.5) is 0 Å². The van der Waals surface area contributed by atoms with Crippen LogP contribution in [0.25, 0.3) is 0 Å². The standard InChI is InChI=1S/C12H27NOSi.C11H25NOSi.C9H21NOSi.C8H19NOSi.C8H17NO.C8H15NO.C7H13NO.C7H15NO.C6H13NO.9Co/c1-6-11(13-7-2)12(14)15(8-3,9-4)10-5;1-6-10(12-5)11(13)14(7-2,8-3)9-4;1-6-8(10-7-2)9(11)12(3,4)5;1-6-7(9-2)8(10)11(3,4)5;2*1-4-7(9-6-3)8(10)5-2;1-4-6(8-3)7(9)5-2;1-4-7(6(3)9)8-5-2;1-3-6(5-8)7-4-2;;;;;;;;;/h12,14H,6-10H2,1-5H3;11,13H,6-9H2,1-5H3;9,11H,6-7H2,1-5H3;8,10H,6H2,1-5H3;8,10H,4-6H2,1-3H3;5,8,10H,2,4,6H2,1,3H3;5,7,9H,2,4H2,1,3H3;6,9H,4-5H2,1-3H3;8H,3-5H2,1-2H3;;;;;;;;;. The van der Waals surface area contributed by atoms with E-state index in [0.29, 0.717) is 0 Å². The minimum Gasteiger partial charge on any atom is -0.391 e. The molecule has 9 radical (unpaired) electrons. The summed E-state index contributed by atoms with van der Waals surface area (Å²) in [4.78, 5) is 37.4. The first-order valence-corrected chi connectivity index (χ1v) is 50.3. The van der Waals surface area contributed by atoms with E-state index < -0.39 is 44.5 Å². The van der Waals surface area contributed by atoms with Gasteiger partial charge >= 0.3 is 0 Å². The minimum absolute atomic E-state index is 0. The fraction of sp³-hybridized carbons (Fsp3) is 0.829. The molecule has 8 unspecified atom stereocenters. The van der Waals surface area contributed by atoms with Crippen LogP contribution < -0.4 is 0 Å². The first kappa shape index (κ1) is 153. The molecule has 0 bridgehead atoms. The zero-order valence-corrected chi connectivity index (χ0v) is 86.4. The minimum atomic E-state index is -1.52. The van der Waals surface area contributed by atoms with E-state index in [0.717, 1.165) is 191 Å². The third-order valence-electron chi connectivity index (χ3n) is 17.2. The second-order valence-electron chi connectivity index (χ2n) is 25.5. The molecule has 31 heteroatoms. The molecule has 0 aromatic carbocycles. The number of aliphatic imine (C=N–C) groups is 9. The molecule has 0 heterocycles. The summed E-state index contributed by atoms with van der Waals surface area (Å²) in [6, 6.07) is 6.93. The van der Waals surface area contributed by atoms with Crippen LogP contribution in [-0.4, -0.2) is 244 Å². The van der Waals surface area contributed by atoms with Crippen LogP contribution >= 0.6 is 0 Å². The molecule has 0 fully saturated rings. The van der Waals surface area contributed by atoms with Gasteiger partial charge in [0.15, 0.2) is 0 Å². The van der Waals surface area contributed by atoms with Gasteiger partial charge in [-0.3, -0.25) is 44.9 Å². The fourth-order valence-electron chi connectivity index (χ4n) is 10.0. The van der Waals surface area contributed by atoms with Crippen molar-refractivity contribution in [2.45, 2.75) is 346 Å². The maximum atomic E-state index is 10.5. The van der Waals surface area contributed by atoms with Crippen LogP contribution in [0, 0.1) is 0 Å². The third kappa shape index (κ3) is 76.0. The molecule has 0 saturated heterocycles. The van der Waals surface area contributed by atoms with Crippen LogP contribution in [0.1, 0.15) is 223 Å². The predicted octanol–water partition coefficient (Wildman–Crippen LogP) is 16.1. The molecule has 0 spiro atoms. The summed E-state index contributed by atoms with van der Waals surface area (Å²) in [6.45, 7) is 71.8. The normalized spacial score (nSPS) is 14.1. The van der Waals surface area contributed by atoms with Crippen molar-refractivity contribution in [3.63, 3.8) is 0 Å². The second kappa shape index (κ2) is 99.9. The number of nitrogens with zero attached hydrogens (tertiary/aromatic N) is 9. The summed E-state index contributed by atoms with van der Waals surface area (Å²) in [5.41, 5.74) is 7.33. The van der Waals surface area contributed by atoms with E-state index in [9.17, 15) is 30.6 Å². The molecular weight excluding hydrogens is 1830 g/mol. The zero-order valence-electron chi connectivity index (χ0n) is 73.0. The molecule has 0 rings (SSSR count). The largest absolute Gasteiger partial charge is 0.391 e. The first-order valence-electron chi connectivity index (χ1n) is 37.8. The number of aliphatic hydroxyl groups is 9. The molecule has 107 heavy (non-hydrogen) atoms. The van der Waals surface area contributed by atoms with Crippen molar-refractivity contribution in [3.8, 4) is 0 Å². The van der Waals surface area contributed by atoms with Crippen molar-refractivity contribution in [1.29, 1.82) is 0 Å². The Morgan fingerprint density at radius 1 is 0.308 bits per heavy atom. The van der Waals surface area contributed by atoms with Gasteiger partial charge < -0.3 is 46.0 Å². The Bertz CT molecular complexity index is 2190. The molecule has 9 N–H and O–H groups in total. The van der Waals surface area contributed by atoms with E-state index in [4.69, 9.17) is 15.3 Å². The summed E-state index contributed by atoms with van der Waals surface area (Å²) >= 11 is 0. The number of hydrogen-bond donors (Lipinski definition) is 9. The maximum absolute atomic E-state index is 10.5. The van der Waals surface area contributed by atoms with Crippen molar-refractivity contribution in [1.82, 2.24) is 0 Å². The fourth-order valence-corrected chi connectivity index (χ4v) is 20.0. The Hall–Kier alpha value is 1.58. The van der Waals surface area contributed by atoms with Gasteiger partial charge in [0.2, 0.25) is 0 Å². The van der Waals surface area contributed by atoms with E-state index in [1.807, 2.05) is 90.0 Å². The summed E-state index contributed by atoms with van der Waals surface area (Å²) in [5, 5.41) is 85.6. The van der Waals surface area contributed by atoms with Gasteiger partial charge in [-0.05, 0) is 113 Å². The van der Waals surface area contributed by atoms with Crippen LogP contribution in [0.2, 0.25) is 75.5 Å². The van der Waals surface area contributed by atoms with E-state index in [1.54, 1.807) is 28.1 Å². The Labute approximate surface area is 756 Å². The summed E-state index contributed by atoms with van der Waals surface area (Å²) in [7, 11) is -0.698. The molecule has 0 aliphatic rings. The van der Waals surface area contributed by atoms with E-state index in [-0.39, 0.29) is 193 Å². The SMILES string of the molecule is C=CC(O)C(CC)=NC.C=CC(O)C(CC)=NCC.CCC(=NC)C(O)[Si](C)(C)C.CCC(=NC)C(O)[Si](CC)(CC)CC.CCN=C(CC)C(C)O.CCN=C(CC)C(O)CC.CCN=C(CC)C(O)[Si](C)(C)C.CCN=C(CC)C(O)[Si](CC)(CC)CC.CCN=C(CC)CO.[Co].[Co].[Co].[Co].[Co].[Co].[Co].[Co].[Co]. The van der Waals surface area contributed by atoms with Gasteiger partial charge in [0.1, 0.15) is 12.2 Å². The van der Waals surface area contributed by atoms with Gasteiger partial charge in [-0.15, -0.1) is 13.2 Å². The molecule has 0 aromatic heterocycles. The number of rotatable bonds is 37. The molecule has 18 nitrogen and oxygen atoms in total. The number of hydrogen-bond acceptors (Lipinski definition) is 18. The van der Waals surface area contributed by atoms with E-state index >= 15 is 0 Å². The third-order valence-corrected chi connectivity index (χ3v) is 32.6. The number of aliphatic hydroxyl groups excluding tert-OH is 9. The maximum Gasteiger partial charge on any atom is 0.109 e. The Morgan fingerprint density at radius 3 is 0.701 bits per heavy atom. The van der Waals surface area contributed by atoms with E-state index in [1.165, 1.54) is 12.2 Å². The molecule has 0 amide bonds. The average molecular weight is 1990 g/mol. The first-order chi connectivity index (χ1) is 45.9. The van der Waals surface area contributed by atoms with Crippen LogP contribution in [0.3, 0.4) is 0 Å². The Morgan fingerprint density at radius 2 is 0.533 bits per heavy atom. The monoisotopic (exact) mass is 1990 g/mol. The van der Waals surface area contributed by atoms with Gasteiger partial charge in [-0.25, -0.2) is 0 Å². The molecular formula is C76H165Co9N9O9Si4. The molecule has 0 aliphatic heterocycles. The van der Waals surface area contributed by atoms with Crippen LogP contribution in [0.5, 0.6) is 0 Å². The predicted molar refractivity (Wildman–Crippen MR) is 453 cm³/mol.